The number of carbonyl (C=O) groups is 3. The van der Waals surface area contributed by atoms with E-state index in [1.807, 2.05) is 0 Å². The Morgan fingerprint density at radius 3 is 2.64 bits per heavy atom. The zero-order chi connectivity index (χ0) is 23.4. The Labute approximate surface area is 193 Å². The quantitative estimate of drug-likeness (QED) is 0.236. The number of amides is 1. The molecule has 1 amide bonds. The molecule has 4 aromatic rings. The topological polar surface area (TPSA) is 115 Å². The molecule has 0 fully saturated rings. The molecule has 2 aromatic carbocycles. The van der Waals surface area contributed by atoms with Gasteiger partial charge in [0.25, 0.3) is 5.91 Å². The third kappa shape index (κ3) is 3.25. The van der Waals surface area contributed by atoms with Crippen LogP contribution in [0.25, 0.3) is 21.8 Å². The predicted octanol–water partition coefficient (Wildman–Crippen LogP) is 4.33. The predicted molar refractivity (Wildman–Crippen MR) is 125 cm³/mol. The summed E-state index contributed by atoms with van der Waals surface area (Å²) in [6.07, 6.45) is 0. The van der Waals surface area contributed by atoms with Crippen molar-refractivity contribution in [1.29, 1.82) is 0 Å². The number of alkyl halides is 1. The van der Waals surface area contributed by atoms with Crippen molar-refractivity contribution in [2.45, 2.75) is 12.8 Å². The lowest BCUT2D eigenvalue weighted by Crippen LogP contribution is -2.30. The molecule has 8 nitrogen and oxygen atoms in total. The molecule has 9 heteroatoms. The van der Waals surface area contributed by atoms with E-state index >= 15 is 0 Å². The fraction of sp³-hybridized carbons (Fsp3) is 0.208. The standard InChI is InChI=1S/C24H20ClN3O5/c1-11(29)12-3-4-16-13(5-12)6-17(26-16)23(31)28-10-14(9-25)21-15-7-18(24(32)33-2)27-22(15)20(30)8-19(21)28/h3-8,14,26-27,30H,9-10H2,1-2H3/t14-/m1/s1. The molecule has 0 unspecified atom stereocenters. The van der Waals surface area contributed by atoms with Gasteiger partial charge in [-0.25, -0.2) is 4.79 Å². The zero-order valence-electron chi connectivity index (χ0n) is 17.9. The molecule has 33 heavy (non-hydrogen) atoms. The van der Waals surface area contributed by atoms with Gasteiger partial charge in [-0.3, -0.25) is 9.59 Å². The minimum atomic E-state index is -0.560. The lowest BCUT2D eigenvalue weighted by Gasteiger charge is -2.17. The number of hydrogen-bond acceptors (Lipinski definition) is 5. The number of hydrogen-bond donors (Lipinski definition) is 3. The van der Waals surface area contributed by atoms with Crippen molar-refractivity contribution in [3.63, 3.8) is 0 Å². The summed E-state index contributed by atoms with van der Waals surface area (Å²) in [7, 11) is 1.28. The molecule has 3 heterocycles. The Kier molecular flexibility index (Phi) is 4.90. The number of carbonyl (C=O) groups excluding carboxylic acids is 3. The summed E-state index contributed by atoms with van der Waals surface area (Å²) in [6, 6.07) is 10.1. The second kappa shape index (κ2) is 7.67. The molecule has 1 aliphatic rings. The number of nitrogens with one attached hydrogen (secondary N) is 2. The molecule has 168 valence electrons. The number of H-pyrrole nitrogens is 2. The van der Waals surface area contributed by atoms with Gasteiger partial charge in [-0.1, -0.05) is 0 Å². The first-order chi connectivity index (χ1) is 15.8. The van der Waals surface area contributed by atoms with E-state index in [-0.39, 0.29) is 34.9 Å². The van der Waals surface area contributed by atoms with Gasteiger partial charge in [0, 0.05) is 46.3 Å². The number of aromatic amines is 2. The second-order valence-electron chi connectivity index (χ2n) is 8.10. The molecule has 5 rings (SSSR count). The lowest BCUT2D eigenvalue weighted by molar-refractivity contribution is 0.0595. The Morgan fingerprint density at radius 1 is 1.15 bits per heavy atom. The van der Waals surface area contributed by atoms with E-state index in [0.29, 0.717) is 34.4 Å². The third-order valence-electron chi connectivity index (χ3n) is 6.11. The summed E-state index contributed by atoms with van der Waals surface area (Å²) < 4.78 is 4.78. The first-order valence-electron chi connectivity index (χ1n) is 10.3. The smallest absolute Gasteiger partial charge is 0.354 e. The fourth-order valence-electron chi connectivity index (χ4n) is 4.50. The maximum Gasteiger partial charge on any atom is 0.354 e. The average Bonchev–Trinajstić information content (AvgIpc) is 3.52. The Bertz CT molecular complexity index is 1470. The number of esters is 1. The van der Waals surface area contributed by atoms with Crippen LogP contribution in [-0.2, 0) is 4.74 Å². The first-order valence-corrected chi connectivity index (χ1v) is 10.8. The molecule has 3 N–H and O–H groups in total. The van der Waals surface area contributed by atoms with E-state index in [0.717, 1.165) is 16.5 Å². The molecule has 0 spiro atoms. The Hall–Kier alpha value is -3.78. The van der Waals surface area contributed by atoms with E-state index in [9.17, 15) is 19.5 Å². The van der Waals surface area contributed by atoms with Crippen LogP contribution in [-0.4, -0.2) is 52.3 Å². The van der Waals surface area contributed by atoms with Gasteiger partial charge < -0.3 is 24.7 Å². The van der Waals surface area contributed by atoms with Crippen LogP contribution in [0, 0.1) is 0 Å². The van der Waals surface area contributed by atoms with E-state index in [4.69, 9.17) is 16.3 Å². The van der Waals surface area contributed by atoms with E-state index < -0.39 is 5.97 Å². The summed E-state index contributed by atoms with van der Waals surface area (Å²) in [6.45, 7) is 1.82. The lowest BCUT2D eigenvalue weighted by atomic mass is 9.98. The number of benzene rings is 2. The van der Waals surface area contributed by atoms with Crippen LogP contribution >= 0.6 is 11.6 Å². The number of aromatic nitrogens is 2. The molecular formula is C24H20ClN3O5. The van der Waals surface area contributed by atoms with Crippen molar-refractivity contribution in [3.8, 4) is 5.75 Å². The van der Waals surface area contributed by atoms with Crippen LogP contribution in [0.1, 0.15) is 49.7 Å². The van der Waals surface area contributed by atoms with Crippen LogP contribution < -0.4 is 4.90 Å². The number of halogens is 1. The van der Waals surface area contributed by atoms with Crippen molar-refractivity contribution in [1.82, 2.24) is 9.97 Å². The van der Waals surface area contributed by atoms with Crippen molar-refractivity contribution in [3.05, 3.63) is 58.9 Å². The van der Waals surface area contributed by atoms with Gasteiger partial charge in [-0.05, 0) is 42.8 Å². The number of methoxy groups -OCH3 is 1. The highest BCUT2D eigenvalue weighted by Gasteiger charge is 2.36. The van der Waals surface area contributed by atoms with Crippen molar-refractivity contribution < 1.29 is 24.2 Å². The molecule has 2 aromatic heterocycles. The van der Waals surface area contributed by atoms with Gasteiger partial charge in [-0.2, -0.15) is 0 Å². The highest BCUT2D eigenvalue weighted by atomic mass is 35.5. The number of ketones is 1. The zero-order valence-corrected chi connectivity index (χ0v) is 18.6. The molecule has 1 aliphatic heterocycles. The van der Waals surface area contributed by atoms with Gasteiger partial charge in [0.15, 0.2) is 5.78 Å². The SMILES string of the molecule is COC(=O)c1cc2c3c(cc(O)c2[nH]1)N(C(=O)c1cc2cc(C(C)=O)ccc2[nH]1)C[C@H]3CCl. The number of fused-ring (bicyclic) bond motifs is 4. The van der Waals surface area contributed by atoms with E-state index in [1.54, 1.807) is 35.2 Å². The van der Waals surface area contributed by atoms with Gasteiger partial charge >= 0.3 is 5.97 Å². The molecule has 0 radical (unpaired) electrons. The third-order valence-corrected chi connectivity index (χ3v) is 6.48. The van der Waals surface area contributed by atoms with Crippen molar-refractivity contribution >= 4 is 56.8 Å². The number of phenolic OH excluding ortho intramolecular Hbond substituents is 1. The van der Waals surface area contributed by atoms with E-state index in [2.05, 4.69) is 9.97 Å². The summed E-state index contributed by atoms with van der Waals surface area (Å²) in [5.74, 6) is -0.924. The van der Waals surface area contributed by atoms with Crippen LogP contribution in [0.15, 0.2) is 36.4 Å². The minimum Gasteiger partial charge on any atom is -0.506 e. The fourth-order valence-corrected chi connectivity index (χ4v) is 4.75. The minimum absolute atomic E-state index is 0.0540. The maximum atomic E-state index is 13.5. The van der Waals surface area contributed by atoms with Crippen LogP contribution in [0.4, 0.5) is 5.69 Å². The number of phenols is 1. The molecule has 0 bridgehead atoms. The van der Waals surface area contributed by atoms with Gasteiger partial charge in [0.1, 0.15) is 17.1 Å². The van der Waals surface area contributed by atoms with Crippen molar-refractivity contribution in [2.75, 3.05) is 24.4 Å². The highest BCUT2D eigenvalue weighted by Crippen LogP contribution is 2.46. The number of aromatic hydroxyl groups is 1. The average molecular weight is 466 g/mol. The Balaban J connectivity index is 1.61. The summed E-state index contributed by atoms with van der Waals surface area (Å²) >= 11 is 6.26. The van der Waals surface area contributed by atoms with Gasteiger partial charge in [0.05, 0.1) is 18.3 Å². The summed E-state index contributed by atoms with van der Waals surface area (Å²) in [5.41, 5.74) is 3.57. The molecule has 0 aliphatic carbocycles. The van der Waals surface area contributed by atoms with Gasteiger partial charge in [-0.15, -0.1) is 11.6 Å². The number of rotatable bonds is 4. The van der Waals surface area contributed by atoms with Gasteiger partial charge in [0.2, 0.25) is 0 Å². The molecule has 1 atom stereocenters. The second-order valence-corrected chi connectivity index (χ2v) is 8.41. The number of nitrogens with zero attached hydrogens (tertiary/aromatic N) is 1. The van der Waals surface area contributed by atoms with Crippen molar-refractivity contribution in [2.24, 2.45) is 0 Å². The maximum absolute atomic E-state index is 13.5. The summed E-state index contributed by atoms with van der Waals surface area (Å²) in [5, 5.41) is 12.0. The van der Waals surface area contributed by atoms with Crippen LogP contribution in [0.3, 0.4) is 0 Å². The number of Topliss-reactive ketones (excluding diaryl/α,β-unsaturated/α-hetero) is 1. The summed E-state index contributed by atoms with van der Waals surface area (Å²) in [4.78, 5) is 44.8. The normalized spacial score (nSPS) is 15.2. The monoisotopic (exact) mass is 465 g/mol. The van der Waals surface area contributed by atoms with Crippen LogP contribution in [0.5, 0.6) is 5.75 Å². The largest absolute Gasteiger partial charge is 0.506 e. The Morgan fingerprint density at radius 2 is 1.94 bits per heavy atom. The molecule has 0 saturated carbocycles. The van der Waals surface area contributed by atoms with E-state index in [1.165, 1.54) is 20.1 Å². The number of anilines is 1. The molecular weight excluding hydrogens is 446 g/mol. The first kappa shape index (κ1) is 21.1. The highest BCUT2D eigenvalue weighted by molar-refractivity contribution is 6.19. The molecule has 0 saturated heterocycles. The van der Waals surface area contributed by atoms with Crippen LogP contribution in [0.2, 0.25) is 0 Å². The number of ether oxygens (including phenoxy) is 1.